The molecule has 1 N–H and O–H groups in total. The number of hydrogen-bond acceptors (Lipinski definition) is 3. The zero-order chi connectivity index (χ0) is 15.6. The average Bonchev–Trinajstić information content (AvgIpc) is 2.40. The van der Waals surface area contributed by atoms with Crippen LogP contribution in [0.25, 0.3) is 0 Å². The highest BCUT2D eigenvalue weighted by Gasteiger charge is 2.28. The molecule has 0 spiro atoms. The lowest BCUT2D eigenvalue weighted by Crippen LogP contribution is -2.50. The summed E-state index contributed by atoms with van der Waals surface area (Å²) >= 11 is 11.8. The molecule has 1 aromatic carbocycles. The molecule has 1 fully saturated rings. The van der Waals surface area contributed by atoms with E-state index in [1.165, 1.54) is 0 Å². The summed E-state index contributed by atoms with van der Waals surface area (Å²) in [4.78, 5) is 14.1. The van der Waals surface area contributed by atoms with Crippen molar-refractivity contribution in [3.63, 3.8) is 0 Å². The van der Waals surface area contributed by atoms with Crippen LogP contribution in [0, 0.1) is 0 Å². The van der Waals surface area contributed by atoms with E-state index in [0.29, 0.717) is 28.8 Å². The summed E-state index contributed by atoms with van der Waals surface area (Å²) in [5, 5.41) is 11.1. The molecule has 2 rings (SSSR count). The Kier molecular flexibility index (Phi) is 5.49. The minimum absolute atomic E-state index is 0.00767. The fraction of sp³-hybridized carbons (Fsp3) is 0.533. The van der Waals surface area contributed by atoms with Crippen LogP contribution in [0.4, 0.5) is 0 Å². The van der Waals surface area contributed by atoms with Gasteiger partial charge in [-0.25, -0.2) is 0 Å². The van der Waals surface area contributed by atoms with Gasteiger partial charge in [-0.1, -0.05) is 23.2 Å². The lowest BCUT2D eigenvalue weighted by atomic mass is 10.0. The first-order valence-electron chi connectivity index (χ1n) is 6.92. The zero-order valence-corrected chi connectivity index (χ0v) is 13.6. The van der Waals surface area contributed by atoms with Crippen molar-refractivity contribution in [1.82, 2.24) is 4.90 Å². The van der Waals surface area contributed by atoms with Crippen LogP contribution in [0.2, 0.25) is 10.0 Å². The maximum atomic E-state index is 12.4. The van der Waals surface area contributed by atoms with E-state index in [9.17, 15) is 9.90 Å². The number of benzene rings is 1. The molecule has 1 amide bonds. The number of nitrogens with zero attached hydrogens (tertiary/aromatic N) is 1. The van der Waals surface area contributed by atoms with Gasteiger partial charge in [-0.2, -0.15) is 0 Å². The van der Waals surface area contributed by atoms with Gasteiger partial charge in [0, 0.05) is 16.6 Å². The van der Waals surface area contributed by atoms with Crippen molar-refractivity contribution in [2.45, 2.75) is 38.5 Å². The van der Waals surface area contributed by atoms with E-state index in [-0.39, 0.29) is 24.5 Å². The molecule has 1 aliphatic heterocycles. The average molecular weight is 332 g/mol. The highest BCUT2D eigenvalue weighted by Crippen LogP contribution is 2.26. The largest absolute Gasteiger partial charge is 0.388 e. The van der Waals surface area contributed by atoms with Crippen molar-refractivity contribution < 1.29 is 14.6 Å². The van der Waals surface area contributed by atoms with E-state index in [1.54, 1.807) is 23.1 Å². The van der Waals surface area contributed by atoms with E-state index in [4.69, 9.17) is 27.9 Å². The number of hydrogen-bond donors (Lipinski definition) is 1. The molecular weight excluding hydrogens is 313 g/mol. The van der Waals surface area contributed by atoms with Crippen molar-refractivity contribution in [1.29, 1.82) is 0 Å². The minimum Gasteiger partial charge on any atom is -0.388 e. The molecule has 1 saturated heterocycles. The van der Waals surface area contributed by atoms with Gasteiger partial charge in [-0.15, -0.1) is 0 Å². The number of carbonyl (C=O) groups is 1. The number of rotatable bonds is 3. The lowest BCUT2D eigenvalue weighted by molar-refractivity contribution is -0.145. The Balaban J connectivity index is 2.04. The Hall–Kier alpha value is -0.810. The molecule has 1 aromatic rings. The molecule has 0 bridgehead atoms. The second kappa shape index (κ2) is 6.97. The molecular formula is C15H19Cl2NO3. The van der Waals surface area contributed by atoms with Crippen LogP contribution in [0.3, 0.4) is 0 Å². The summed E-state index contributed by atoms with van der Waals surface area (Å²) < 4.78 is 5.50. The first-order chi connectivity index (χ1) is 9.86. The molecule has 1 heterocycles. The van der Waals surface area contributed by atoms with Gasteiger partial charge in [0.05, 0.1) is 31.3 Å². The molecule has 21 heavy (non-hydrogen) atoms. The Labute approximate surface area is 134 Å². The van der Waals surface area contributed by atoms with Gasteiger partial charge in [0.15, 0.2) is 0 Å². The summed E-state index contributed by atoms with van der Waals surface area (Å²) in [5.41, 5.74) is 0.551. The van der Waals surface area contributed by atoms with Crippen molar-refractivity contribution >= 4 is 29.1 Å². The number of morpholine rings is 1. The first-order valence-corrected chi connectivity index (χ1v) is 7.67. The smallest absolute Gasteiger partial charge is 0.225 e. The van der Waals surface area contributed by atoms with Gasteiger partial charge < -0.3 is 14.7 Å². The molecule has 6 heteroatoms. The molecule has 0 radical (unpaired) electrons. The summed E-state index contributed by atoms with van der Waals surface area (Å²) in [6, 6.07) is 4.85. The van der Waals surface area contributed by atoms with Crippen LogP contribution < -0.4 is 0 Å². The monoisotopic (exact) mass is 331 g/mol. The number of carbonyl (C=O) groups excluding carboxylic acids is 1. The highest BCUT2D eigenvalue weighted by atomic mass is 35.5. The maximum absolute atomic E-state index is 12.4. The van der Waals surface area contributed by atoms with Crippen LogP contribution in [0.15, 0.2) is 18.2 Å². The van der Waals surface area contributed by atoms with Gasteiger partial charge in [-0.05, 0) is 37.6 Å². The van der Waals surface area contributed by atoms with Crippen LogP contribution in [0.5, 0.6) is 0 Å². The molecule has 0 aromatic heterocycles. The van der Waals surface area contributed by atoms with E-state index < -0.39 is 6.10 Å². The Morgan fingerprint density at radius 2 is 2.00 bits per heavy atom. The zero-order valence-electron chi connectivity index (χ0n) is 12.1. The SMILES string of the molecule is CC1CN(C(=O)CC(O)c2cc(Cl)cc(Cl)c2)C(C)CO1. The van der Waals surface area contributed by atoms with E-state index in [1.807, 2.05) is 13.8 Å². The Morgan fingerprint density at radius 3 is 2.62 bits per heavy atom. The number of amides is 1. The second-order valence-electron chi connectivity index (χ2n) is 5.46. The second-order valence-corrected chi connectivity index (χ2v) is 6.33. The summed E-state index contributed by atoms with van der Waals surface area (Å²) in [6.45, 7) is 4.93. The molecule has 4 nitrogen and oxygen atoms in total. The van der Waals surface area contributed by atoms with E-state index in [2.05, 4.69) is 0 Å². The van der Waals surface area contributed by atoms with Crippen LogP contribution in [-0.2, 0) is 9.53 Å². The maximum Gasteiger partial charge on any atom is 0.225 e. The molecule has 3 unspecified atom stereocenters. The molecule has 3 atom stereocenters. The quantitative estimate of drug-likeness (QED) is 0.926. The number of aliphatic hydroxyl groups is 1. The number of halogens is 2. The highest BCUT2D eigenvalue weighted by molar-refractivity contribution is 6.34. The third-order valence-electron chi connectivity index (χ3n) is 3.57. The lowest BCUT2D eigenvalue weighted by Gasteiger charge is -2.37. The Bertz CT molecular complexity index is 503. The van der Waals surface area contributed by atoms with Gasteiger partial charge in [0.1, 0.15) is 0 Å². The number of aliphatic hydroxyl groups excluding tert-OH is 1. The first kappa shape index (κ1) is 16.6. The van der Waals surface area contributed by atoms with Gasteiger partial charge in [-0.3, -0.25) is 4.79 Å². The molecule has 0 saturated carbocycles. The fourth-order valence-electron chi connectivity index (χ4n) is 2.42. The predicted octanol–water partition coefficient (Wildman–Crippen LogP) is 3.05. The third-order valence-corrected chi connectivity index (χ3v) is 4.00. The van der Waals surface area contributed by atoms with Crippen LogP contribution in [-0.4, -0.2) is 41.2 Å². The third kappa shape index (κ3) is 4.33. The summed E-state index contributed by atoms with van der Waals surface area (Å²) in [6.07, 6.45) is -0.893. The van der Waals surface area contributed by atoms with Gasteiger partial charge in [0.25, 0.3) is 0 Å². The van der Waals surface area contributed by atoms with E-state index in [0.717, 1.165) is 0 Å². The molecule has 116 valence electrons. The van der Waals surface area contributed by atoms with Crippen LogP contribution >= 0.6 is 23.2 Å². The van der Waals surface area contributed by atoms with Gasteiger partial charge >= 0.3 is 0 Å². The predicted molar refractivity (Wildman–Crippen MR) is 82.6 cm³/mol. The van der Waals surface area contributed by atoms with Crippen molar-refractivity contribution in [3.05, 3.63) is 33.8 Å². The number of ether oxygens (including phenoxy) is 1. The Morgan fingerprint density at radius 1 is 1.38 bits per heavy atom. The van der Waals surface area contributed by atoms with Gasteiger partial charge in [0.2, 0.25) is 5.91 Å². The van der Waals surface area contributed by atoms with Crippen LogP contribution in [0.1, 0.15) is 31.9 Å². The minimum atomic E-state index is -0.918. The molecule has 1 aliphatic rings. The van der Waals surface area contributed by atoms with Crippen molar-refractivity contribution in [3.8, 4) is 0 Å². The topological polar surface area (TPSA) is 49.8 Å². The molecule has 0 aliphatic carbocycles. The summed E-state index contributed by atoms with van der Waals surface area (Å²) in [5.74, 6) is -0.0961. The summed E-state index contributed by atoms with van der Waals surface area (Å²) in [7, 11) is 0. The van der Waals surface area contributed by atoms with E-state index >= 15 is 0 Å². The van der Waals surface area contributed by atoms with Crippen molar-refractivity contribution in [2.75, 3.05) is 13.2 Å². The van der Waals surface area contributed by atoms with Crippen molar-refractivity contribution in [2.24, 2.45) is 0 Å². The standard InChI is InChI=1S/C15H19Cl2NO3/c1-9-8-21-10(2)7-18(9)15(20)6-14(19)11-3-12(16)5-13(17)4-11/h3-5,9-10,14,19H,6-8H2,1-2H3. The normalized spacial score (nSPS) is 24.0. The fourth-order valence-corrected chi connectivity index (χ4v) is 2.96.